The lowest BCUT2D eigenvalue weighted by Crippen LogP contribution is -2.31. The van der Waals surface area contributed by atoms with Crippen LogP contribution in [0, 0.1) is 0 Å². The molecular weight excluding hydrogens is 328 g/mol. The predicted octanol–water partition coefficient (Wildman–Crippen LogP) is 3.36. The molecule has 1 saturated carbocycles. The minimum Gasteiger partial charge on any atom is -0.383 e. The highest BCUT2D eigenvalue weighted by Gasteiger charge is 2.39. The van der Waals surface area contributed by atoms with Crippen molar-refractivity contribution in [2.75, 3.05) is 19.0 Å². The van der Waals surface area contributed by atoms with E-state index in [0.29, 0.717) is 19.1 Å². The van der Waals surface area contributed by atoms with Gasteiger partial charge in [0.05, 0.1) is 24.9 Å². The van der Waals surface area contributed by atoms with Crippen molar-refractivity contribution in [1.29, 1.82) is 0 Å². The molecule has 26 heavy (non-hydrogen) atoms. The monoisotopic (exact) mass is 350 g/mol. The standard InChI is InChI=1S/C20H22N4O2/c1-26-10-9-24-19-11-16(8-7-15(19)13-21-24)22-20(25)23-18-12-17(18)14-5-3-2-4-6-14/h2-8,11,13,17-18H,9-10,12H2,1H3,(H2,22,23,25)/t17-,18+/m1/s1. The molecule has 0 saturated heterocycles. The maximum absolute atomic E-state index is 12.3. The molecule has 0 radical (unpaired) electrons. The van der Waals surface area contributed by atoms with Crippen molar-refractivity contribution in [1.82, 2.24) is 15.1 Å². The summed E-state index contributed by atoms with van der Waals surface area (Å²) in [6.45, 7) is 1.27. The van der Waals surface area contributed by atoms with Crippen molar-refractivity contribution in [3.05, 3.63) is 60.3 Å². The van der Waals surface area contributed by atoms with E-state index in [1.165, 1.54) is 5.56 Å². The summed E-state index contributed by atoms with van der Waals surface area (Å²) >= 11 is 0. The van der Waals surface area contributed by atoms with Gasteiger partial charge < -0.3 is 15.4 Å². The Morgan fingerprint density at radius 3 is 2.92 bits per heavy atom. The molecule has 0 spiro atoms. The van der Waals surface area contributed by atoms with Gasteiger partial charge >= 0.3 is 6.03 Å². The number of methoxy groups -OCH3 is 1. The van der Waals surface area contributed by atoms with Gasteiger partial charge in [0.25, 0.3) is 0 Å². The van der Waals surface area contributed by atoms with E-state index in [2.05, 4.69) is 27.9 Å². The third-order valence-electron chi connectivity index (χ3n) is 4.74. The summed E-state index contributed by atoms with van der Waals surface area (Å²) in [6.07, 6.45) is 2.81. The van der Waals surface area contributed by atoms with Crippen LogP contribution in [0.4, 0.5) is 10.5 Å². The molecule has 1 heterocycles. The molecule has 2 aromatic carbocycles. The SMILES string of the molecule is COCCn1ncc2ccc(NC(=O)N[C@H]3C[C@@H]3c3ccccc3)cc21. The second-order valence-corrected chi connectivity index (χ2v) is 6.59. The zero-order valence-corrected chi connectivity index (χ0v) is 14.7. The third-order valence-corrected chi connectivity index (χ3v) is 4.74. The summed E-state index contributed by atoms with van der Waals surface area (Å²) in [4.78, 5) is 12.3. The molecule has 1 aliphatic rings. The minimum absolute atomic E-state index is 0.171. The van der Waals surface area contributed by atoms with Crippen molar-refractivity contribution in [2.45, 2.75) is 24.9 Å². The van der Waals surface area contributed by atoms with Gasteiger partial charge in [-0.3, -0.25) is 4.68 Å². The number of rotatable bonds is 6. The van der Waals surface area contributed by atoms with Crippen molar-refractivity contribution >= 4 is 22.6 Å². The highest BCUT2D eigenvalue weighted by Crippen LogP contribution is 2.40. The number of benzene rings is 2. The molecule has 0 bridgehead atoms. The molecule has 134 valence electrons. The van der Waals surface area contributed by atoms with Crippen LogP contribution in [0.25, 0.3) is 10.9 Å². The Hall–Kier alpha value is -2.86. The second kappa shape index (κ2) is 7.17. The number of hydrogen-bond acceptors (Lipinski definition) is 3. The number of carbonyl (C=O) groups is 1. The van der Waals surface area contributed by atoms with Crippen LogP contribution in [0.1, 0.15) is 17.9 Å². The summed E-state index contributed by atoms with van der Waals surface area (Å²) in [5, 5.41) is 11.4. The van der Waals surface area contributed by atoms with Gasteiger partial charge in [0.2, 0.25) is 0 Å². The smallest absolute Gasteiger partial charge is 0.319 e. The Kier molecular flexibility index (Phi) is 4.58. The Balaban J connectivity index is 1.38. The molecule has 6 nitrogen and oxygen atoms in total. The average Bonchev–Trinajstić information content (AvgIpc) is 3.31. The van der Waals surface area contributed by atoms with E-state index in [1.54, 1.807) is 7.11 Å². The number of aromatic nitrogens is 2. The van der Waals surface area contributed by atoms with Gasteiger partial charge in [0.1, 0.15) is 0 Å². The predicted molar refractivity (Wildman–Crippen MR) is 101 cm³/mol. The van der Waals surface area contributed by atoms with E-state index >= 15 is 0 Å². The van der Waals surface area contributed by atoms with E-state index in [9.17, 15) is 4.79 Å². The first-order chi connectivity index (χ1) is 12.7. The van der Waals surface area contributed by atoms with Gasteiger partial charge in [-0.1, -0.05) is 30.3 Å². The highest BCUT2D eigenvalue weighted by molar-refractivity contribution is 5.92. The molecule has 2 N–H and O–H groups in total. The lowest BCUT2D eigenvalue weighted by Gasteiger charge is -2.09. The molecule has 0 aliphatic heterocycles. The zero-order valence-electron chi connectivity index (χ0n) is 14.7. The Bertz CT molecular complexity index is 907. The maximum Gasteiger partial charge on any atom is 0.319 e. The highest BCUT2D eigenvalue weighted by atomic mass is 16.5. The number of anilines is 1. The first-order valence-electron chi connectivity index (χ1n) is 8.81. The van der Waals surface area contributed by atoms with Crippen molar-refractivity contribution in [3.8, 4) is 0 Å². The number of carbonyl (C=O) groups excluding carboxylic acids is 1. The Morgan fingerprint density at radius 1 is 1.27 bits per heavy atom. The lowest BCUT2D eigenvalue weighted by atomic mass is 10.1. The van der Waals surface area contributed by atoms with Crippen molar-refractivity contribution in [2.24, 2.45) is 0 Å². The average molecular weight is 350 g/mol. The van der Waals surface area contributed by atoms with E-state index < -0.39 is 0 Å². The molecule has 1 aromatic heterocycles. The van der Waals surface area contributed by atoms with Crippen LogP contribution in [-0.4, -0.2) is 35.6 Å². The van der Waals surface area contributed by atoms with Gasteiger partial charge in [-0.25, -0.2) is 4.79 Å². The van der Waals surface area contributed by atoms with E-state index in [4.69, 9.17) is 4.74 Å². The van der Waals surface area contributed by atoms with E-state index in [1.807, 2.05) is 47.3 Å². The summed E-state index contributed by atoms with van der Waals surface area (Å²) in [5.74, 6) is 0.417. The number of hydrogen-bond donors (Lipinski definition) is 2. The summed E-state index contributed by atoms with van der Waals surface area (Å²) in [7, 11) is 1.67. The zero-order chi connectivity index (χ0) is 17.9. The van der Waals surface area contributed by atoms with Gasteiger partial charge in [-0.15, -0.1) is 0 Å². The lowest BCUT2D eigenvalue weighted by molar-refractivity contribution is 0.185. The molecule has 2 amide bonds. The fourth-order valence-electron chi connectivity index (χ4n) is 3.26. The topological polar surface area (TPSA) is 68.2 Å². The number of nitrogens with zero attached hydrogens (tertiary/aromatic N) is 2. The number of fused-ring (bicyclic) bond motifs is 1. The number of amides is 2. The molecule has 2 atom stereocenters. The van der Waals surface area contributed by atoms with Gasteiger partial charge in [-0.05, 0) is 30.2 Å². The van der Waals surface area contributed by atoms with Gasteiger partial charge in [-0.2, -0.15) is 5.10 Å². The van der Waals surface area contributed by atoms with Crippen molar-refractivity contribution in [3.63, 3.8) is 0 Å². The second-order valence-electron chi connectivity index (χ2n) is 6.59. The van der Waals surface area contributed by atoms with Crippen LogP contribution in [0.5, 0.6) is 0 Å². The summed E-state index contributed by atoms with van der Waals surface area (Å²) in [6, 6.07) is 16.1. The van der Waals surface area contributed by atoms with Crippen LogP contribution >= 0.6 is 0 Å². The Morgan fingerprint density at radius 2 is 2.12 bits per heavy atom. The minimum atomic E-state index is -0.171. The molecular formula is C20H22N4O2. The Labute approximate surface area is 152 Å². The quantitative estimate of drug-likeness (QED) is 0.716. The summed E-state index contributed by atoms with van der Waals surface area (Å²) in [5.41, 5.74) is 3.01. The first-order valence-corrected chi connectivity index (χ1v) is 8.81. The summed E-state index contributed by atoms with van der Waals surface area (Å²) < 4.78 is 7.00. The fraction of sp³-hybridized carbons (Fsp3) is 0.300. The normalized spacial score (nSPS) is 18.7. The van der Waals surface area contributed by atoms with Crippen LogP contribution in [-0.2, 0) is 11.3 Å². The molecule has 3 aromatic rings. The molecule has 4 rings (SSSR count). The molecule has 1 aliphatic carbocycles. The van der Waals surface area contributed by atoms with Crippen LogP contribution in [0.3, 0.4) is 0 Å². The first kappa shape index (κ1) is 16.6. The largest absolute Gasteiger partial charge is 0.383 e. The van der Waals surface area contributed by atoms with Crippen LogP contribution in [0.2, 0.25) is 0 Å². The molecule has 6 heteroatoms. The molecule has 1 fully saturated rings. The number of nitrogens with one attached hydrogen (secondary N) is 2. The van der Waals surface area contributed by atoms with E-state index in [0.717, 1.165) is 23.0 Å². The van der Waals surface area contributed by atoms with Crippen molar-refractivity contribution < 1.29 is 9.53 Å². The van der Waals surface area contributed by atoms with Gasteiger partial charge in [0, 0.05) is 30.1 Å². The fourth-order valence-corrected chi connectivity index (χ4v) is 3.26. The van der Waals surface area contributed by atoms with Crippen LogP contribution < -0.4 is 10.6 Å². The third kappa shape index (κ3) is 3.55. The van der Waals surface area contributed by atoms with Gasteiger partial charge in [0.15, 0.2) is 0 Å². The van der Waals surface area contributed by atoms with E-state index in [-0.39, 0.29) is 12.1 Å². The molecule has 0 unspecified atom stereocenters. The van der Waals surface area contributed by atoms with Crippen LogP contribution in [0.15, 0.2) is 54.7 Å². The number of urea groups is 1. The number of ether oxygens (including phenoxy) is 1. The maximum atomic E-state index is 12.3.